The van der Waals surface area contributed by atoms with Crippen LogP contribution in [0, 0.1) is 6.92 Å². The summed E-state index contributed by atoms with van der Waals surface area (Å²) in [5.41, 5.74) is 1.64. The fourth-order valence-electron chi connectivity index (χ4n) is 3.82. The fourth-order valence-corrected chi connectivity index (χ4v) is 5.52. The number of nitrogens with zero attached hydrogens (tertiary/aromatic N) is 2. The van der Waals surface area contributed by atoms with E-state index in [1.54, 1.807) is 50.2 Å². The zero-order valence-corrected chi connectivity index (χ0v) is 24.6. The predicted octanol–water partition coefficient (Wildman–Crippen LogP) is 5.84. The van der Waals surface area contributed by atoms with E-state index in [1.807, 2.05) is 6.92 Å². The Morgan fingerprint density at radius 2 is 1.59 bits per heavy atom. The lowest BCUT2D eigenvalue weighted by atomic mass is 10.1. The minimum atomic E-state index is -3.63. The molecule has 204 valence electrons. The molecule has 1 atom stereocenters. The molecule has 2 aromatic carbocycles. The zero-order valence-electron chi connectivity index (χ0n) is 21.6. The number of carbonyl (C=O) groups excluding carboxylic acids is 2. The summed E-state index contributed by atoms with van der Waals surface area (Å²) in [6, 6.07) is 9.33. The Morgan fingerprint density at radius 3 is 2.19 bits per heavy atom. The van der Waals surface area contributed by atoms with Crippen molar-refractivity contribution in [3.8, 4) is 0 Å². The highest BCUT2D eigenvalue weighted by Crippen LogP contribution is 2.29. The summed E-state index contributed by atoms with van der Waals surface area (Å²) in [6.45, 7) is 6.05. The summed E-state index contributed by atoms with van der Waals surface area (Å²) in [5.74, 6) is -0.595. The van der Waals surface area contributed by atoms with Crippen molar-refractivity contribution in [2.75, 3.05) is 23.7 Å². The van der Waals surface area contributed by atoms with Crippen molar-refractivity contribution in [3.63, 3.8) is 0 Å². The van der Waals surface area contributed by atoms with E-state index >= 15 is 0 Å². The topological polar surface area (TPSA) is 86.8 Å². The van der Waals surface area contributed by atoms with E-state index in [-0.39, 0.29) is 37.7 Å². The van der Waals surface area contributed by atoms with Crippen LogP contribution in [0.4, 0.5) is 5.69 Å². The number of halogens is 3. The SMILES string of the molecule is CCCCNC(=O)[C@@H](C)N(Cc1c(Cl)cccc1Cl)C(=O)CCCN(c1cccc(Cl)c1C)S(C)(=O)=O. The zero-order chi connectivity index (χ0) is 27.8. The number of amides is 2. The van der Waals surface area contributed by atoms with E-state index in [0.29, 0.717) is 38.4 Å². The quantitative estimate of drug-likeness (QED) is 0.297. The van der Waals surface area contributed by atoms with Crippen molar-refractivity contribution < 1.29 is 18.0 Å². The summed E-state index contributed by atoms with van der Waals surface area (Å²) in [7, 11) is -3.63. The lowest BCUT2D eigenvalue weighted by Gasteiger charge is -2.30. The number of benzene rings is 2. The molecule has 0 heterocycles. The Morgan fingerprint density at radius 1 is 1.00 bits per heavy atom. The van der Waals surface area contributed by atoms with Crippen LogP contribution in [0.25, 0.3) is 0 Å². The molecule has 0 unspecified atom stereocenters. The van der Waals surface area contributed by atoms with Gasteiger partial charge in [0.15, 0.2) is 0 Å². The van der Waals surface area contributed by atoms with E-state index in [1.165, 1.54) is 9.21 Å². The van der Waals surface area contributed by atoms with Gasteiger partial charge in [0.25, 0.3) is 0 Å². The van der Waals surface area contributed by atoms with Crippen LogP contribution in [0.3, 0.4) is 0 Å². The molecule has 0 saturated heterocycles. The van der Waals surface area contributed by atoms with E-state index in [4.69, 9.17) is 34.8 Å². The number of sulfonamides is 1. The van der Waals surface area contributed by atoms with Crippen LogP contribution in [0.5, 0.6) is 0 Å². The first-order chi connectivity index (χ1) is 17.4. The molecule has 0 aliphatic rings. The lowest BCUT2D eigenvalue weighted by Crippen LogP contribution is -2.48. The second kappa shape index (κ2) is 14.2. The van der Waals surface area contributed by atoms with Gasteiger partial charge in [-0.3, -0.25) is 13.9 Å². The normalized spacial score (nSPS) is 12.2. The molecule has 37 heavy (non-hydrogen) atoms. The summed E-state index contributed by atoms with van der Waals surface area (Å²) < 4.78 is 26.3. The van der Waals surface area contributed by atoms with Gasteiger partial charge in [0.2, 0.25) is 21.8 Å². The first-order valence-electron chi connectivity index (χ1n) is 12.1. The van der Waals surface area contributed by atoms with Crippen LogP contribution in [-0.2, 0) is 26.2 Å². The summed E-state index contributed by atoms with van der Waals surface area (Å²) >= 11 is 18.9. The Kier molecular flexibility index (Phi) is 12.0. The second-order valence-electron chi connectivity index (χ2n) is 8.87. The van der Waals surface area contributed by atoms with Gasteiger partial charge in [-0.1, -0.05) is 60.3 Å². The minimum Gasteiger partial charge on any atom is -0.354 e. The van der Waals surface area contributed by atoms with Crippen molar-refractivity contribution >= 4 is 62.3 Å². The number of hydrogen-bond donors (Lipinski definition) is 1. The molecule has 1 N–H and O–H groups in total. The molecule has 0 radical (unpaired) electrons. The fraction of sp³-hybridized carbons (Fsp3) is 0.462. The van der Waals surface area contributed by atoms with Crippen LogP contribution < -0.4 is 9.62 Å². The highest BCUT2D eigenvalue weighted by atomic mass is 35.5. The molecule has 7 nitrogen and oxygen atoms in total. The van der Waals surface area contributed by atoms with Crippen LogP contribution in [0.1, 0.15) is 50.7 Å². The van der Waals surface area contributed by atoms with E-state index in [2.05, 4.69) is 5.32 Å². The lowest BCUT2D eigenvalue weighted by molar-refractivity contribution is -0.140. The highest BCUT2D eigenvalue weighted by Gasteiger charge is 2.28. The molecule has 0 aliphatic carbocycles. The maximum atomic E-state index is 13.4. The average Bonchev–Trinajstić information content (AvgIpc) is 2.82. The Labute approximate surface area is 235 Å². The van der Waals surface area contributed by atoms with E-state index in [9.17, 15) is 18.0 Å². The molecule has 0 fully saturated rings. The van der Waals surface area contributed by atoms with Gasteiger partial charge >= 0.3 is 0 Å². The summed E-state index contributed by atoms with van der Waals surface area (Å²) in [5, 5.41) is 4.10. The minimum absolute atomic E-state index is 0.0142. The predicted molar refractivity (Wildman–Crippen MR) is 152 cm³/mol. The van der Waals surface area contributed by atoms with Gasteiger partial charge in [0.05, 0.1) is 11.9 Å². The molecule has 0 aromatic heterocycles. The van der Waals surface area contributed by atoms with Gasteiger partial charge in [0.1, 0.15) is 6.04 Å². The molecule has 2 amide bonds. The van der Waals surface area contributed by atoms with Gasteiger partial charge in [-0.2, -0.15) is 0 Å². The number of unbranched alkanes of at least 4 members (excludes halogenated alkanes) is 1. The van der Waals surface area contributed by atoms with Crippen LogP contribution >= 0.6 is 34.8 Å². The average molecular weight is 591 g/mol. The van der Waals surface area contributed by atoms with Gasteiger partial charge < -0.3 is 10.2 Å². The largest absolute Gasteiger partial charge is 0.354 e. The van der Waals surface area contributed by atoms with Gasteiger partial charge in [-0.15, -0.1) is 0 Å². The van der Waals surface area contributed by atoms with Gasteiger partial charge in [0, 0.05) is 46.7 Å². The van der Waals surface area contributed by atoms with Gasteiger partial charge in [-0.25, -0.2) is 8.42 Å². The maximum absolute atomic E-state index is 13.4. The molecule has 0 spiro atoms. The number of nitrogens with one attached hydrogen (secondary N) is 1. The highest BCUT2D eigenvalue weighted by molar-refractivity contribution is 7.92. The second-order valence-corrected chi connectivity index (χ2v) is 12.0. The standard InChI is InChI=1S/C26H34Cl3N3O4S/c1-5-6-15-30-26(34)19(3)31(17-20-22(28)11-7-12-23(20)29)25(33)14-9-16-32(37(4,35)36)24-13-8-10-21(27)18(24)2/h7-8,10-13,19H,5-6,9,14-17H2,1-4H3,(H,30,34)/t19-/m1/s1. The Bertz CT molecular complexity index is 1190. The molecule has 2 rings (SSSR count). The molecule has 2 aromatic rings. The van der Waals surface area contributed by atoms with Crippen molar-refractivity contribution in [3.05, 3.63) is 62.6 Å². The summed E-state index contributed by atoms with van der Waals surface area (Å²) in [6.07, 6.45) is 3.11. The Balaban J connectivity index is 2.24. The van der Waals surface area contributed by atoms with E-state index < -0.39 is 16.1 Å². The number of anilines is 1. The van der Waals surface area contributed by atoms with Crippen molar-refractivity contribution in [2.45, 2.75) is 59.0 Å². The Hall–Kier alpha value is -2.00. The van der Waals surface area contributed by atoms with Crippen molar-refractivity contribution in [1.29, 1.82) is 0 Å². The van der Waals surface area contributed by atoms with Crippen LogP contribution in [0.2, 0.25) is 15.1 Å². The number of carbonyl (C=O) groups is 2. The van der Waals surface area contributed by atoms with Crippen molar-refractivity contribution in [1.82, 2.24) is 10.2 Å². The van der Waals surface area contributed by atoms with Gasteiger partial charge in [-0.05, 0) is 56.5 Å². The monoisotopic (exact) mass is 589 g/mol. The van der Waals surface area contributed by atoms with Crippen LogP contribution in [-0.4, -0.2) is 50.5 Å². The first-order valence-corrected chi connectivity index (χ1v) is 15.1. The molecular formula is C26H34Cl3N3O4S. The molecule has 0 aliphatic heterocycles. The van der Waals surface area contributed by atoms with Crippen molar-refractivity contribution in [2.24, 2.45) is 0 Å². The third kappa shape index (κ3) is 8.77. The van der Waals surface area contributed by atoms with Crippen LogP contribution in [0.15, 0.2) is 36.4 Å². The number of hydrogen-bond acceptors (Lipinski definition) is 4. The smallest absolute Gasteiger partial charge is 0.242 e. The third-order valence-corrected chi connectivity index (χ3v) is 8.34. The molecular weight excluding hydrogens is 557 g/mol. The first kappa shape index (κ1) is 31.2. The molecule has 0 saturated carbocycles. The summed E-state index contributed by atoms with van der Waals surface area (Å²) in [4.78, 5) is 27.7. The van der Waals surface area contributed by atoms with E-state index in [0.717, 1.165) is 19.1 Å². The molecule has 11 heteroatoms. The maximum Gasteiger partial charge on any atom is 0.242 e. The third-order valence-electron chi connectivity index (χ3n) is 6.05. The number of rotatable bonds is 13. The molecule has 0 bridgehead atoms.